The molecule has 0 aliphatic heterocycles. The zero-order valence-electron chi connectivity index (χ0n) is 19.0. The van der Waals surface area contributed by atoms with Crippen LogP contribution >= 0.6 is 0 Å². The standard InChI is InChI=1S/C26H43NO2/c1-3-5-7-8-9-10-11-12-13-22-15-17-23(18-16-22)26(28)29-25-20-19-24(27-21-25)14-6-4-2/h19-23H,3-18H2,1-2H3/t22-,23-. The third-order valence-corrected chi connectivity index (χ3v) is 6.45. The Bertz CT molecular complexity index is 546. The van der Waals surface area contributed by atoms with Crippen LogP contribution in [-0.2, 0) is 11.2 Å². The number of unbranched alkanes of at least 4 members (excludes halogenated alkanes) is 8. The fourth-order valence-corrected chi connectivity index (χ4v) is 4.43. The second-order valence-electron chi connectivity index (χ2n) is 8.99. The number of hydrogen-bond acceptors (Lipinski definition) is 3. The largest absolute Gasteiger partial charge is 0.425 e. The summed E-state index contributed by atoms with van der Waals surface area (Å²) in [5.41, 5.74) is 1.08. The van der Waals surface area contributed by atoms with Crippen LogP contribution in [0.1, 0.15) is 116 Å². The van der Waals surface area contributed by atoms with Crippen molar-refractivity contribution in [2.45, 2.75) is 117 Å². The molecule has 2 rings (SSSR count). The van der Waals surface area contributed by atoms with Crippen LogP contribution in [0, 0.1) is 11.8 Å². The third-order valence-electron chi connectivity index (χ3n) is 6.45. The van der Waals surface area contributed by atoms with Crippen molar-refractivity contribution >= 4 is 5.97 Å². The molecule has 0 amide bonds. The Balaban J connectivity index is 1.57. The van der Waals surface area contributed by atoms with Gasteiger partial charge in [-0.25, -0.2) is 0 Å². The summed E-state index contributed by atoms with van der Waals surface area (Å²) < 4.78 is 5.60. The van der Waals surface area contributed by atoms with Gasteiger partial charge in [0, 0.05) is 5.69 Å². The molecule has 0 atom stereocenters. The molecule has 3 nitrogen and oxygen atoms in total. The molecule has 1 saturated carbocycles. The van der Waals surface area contributed by atoms with Gasteiger partial charge >= 0.3 is 5.97 Å². The molecule has 164 valence electrons. The van der Waals surface area contributed by atoms with Gasteiger partial charge in [0.1, 0.15) is 5.75 Å². The van der Waals surface area contributed by atoms with Crippen molar-refractivity contribution < 1.29 is 9.53 Å². The number of nitrogens with zero attached hydrogens (tertiary/aromatic N) is 1. The Labute approximate surface area is 179 Å². The Kier molecular flexibility index (Phi) is 12.0. The van der Waals surface area contributed by atoms with E-state index >= 15 is 0 Å². The highest BCUT2D eigenvalue weighted by molar-refractivity contribution is 5.75. The van der Waals surface area contributed by atoms with Crippen LogP contribution in [0.25, 0.3) is 0 Å². The zero-order valence-corrected chi connectivity index (χ0v) is 19.0. The predicted molar refractivity (Wildman–Crippen MR) is 121 cm³/mol. The fourth-order valence-electron chi connectivity index (χ4n) is 4.43. The van der Waals surface area contributed by atoms with Crippen molar-refractivity contribution in [3.8, 4) is 5.75 Å². The number of pyridine rings is 1. The molecule has 0 unspecified atom stereocenters. The SMILES string of the molecule is CCCCCCCCCC[C@H]1CC[C@H](C(=O)Oc2ccc(CCCC)nc2)CC1. The Morgan fingerprint density at radius 3 is 2.17 bits per heavy atom. The van der Waals surface area contributed by atoms with Crippen LogP contribution in [0.2, 0.25) is 0 Å². The van der Waals surface area contributed by atoms with E-state index in [9.17, 15) is 4.79 Å². The molecule has 1 aliphatic carbocycles. The minimum atomic E-state index is -0.0568. The van der Waals surface area contributed by atoms with Crippen molar-refractivity contribution in [1.82, 2.24) is 4.98 Å². The molecular formula is C26H43NO2. The topological polar surface area (TPSA) is 39.2 Å². The highest BCUT2D eigenvalue weighted by Crippen LogP contribution is 2.33. The van der Waals surface area contributed by atoms with E-state index in [1.807, 2.05) is 12.1 Å². The van der Waals surface area contributed by atoms with E-state index in [2.05, 4.69) is 18.8 Å². The summed E-state index contributed by atoms with van der Waals surface area (Å²) in [5, 5.41) is 0. The molecular weight excluding hydrogens is 358 g/mol. The quantitative estimate of drug-likeness (QED) is 0.237. The number of carbonyl (C=O) groups excluding carboxylic acids is 1. The Morgan fingerprint density at radius 2 is 1.55 bits per heavy atom. The highest BCUT2D eigenvalue weighted by atomic mass is 16.5. The second-order valence-corrected chi connectivity index (χ2v) is 8.99. The number of hydrogen-bond donors (Lipinski definition) is 0. The molecule has 0 N–H and O–H groups in total. The van der Waals surface area contributed by atoms with Crippen LogP contribution in [0.5, 0.6) is 5.75 Å². The smallest absolute Gasteiger partial charge is 0.314 e. The van der Waals surface area contributed by atoms with Gasteiger partial charge in [0.05, 0.1) is 12.1 Å². The summed E-state index contributed by atoms with van der Waals surface area (Å²) in [7, 11) is 0. The first kappa shape index (κ1) is 23.9. The van der Waals surface area contributed by atoms with Crippen molar-refractivity contribution in [2.75, 3.05) is 0 Å². The number of esters is 1. The molecule has 29 heavy (non-hydrogen) atoms. The van der Waals surface area contributed by atoms with Gasteiger partial charge in [-0.05, 0) is 56.6 Å². The van der Waals surface area contributed by atoms with Gasteiger partial charge in [0.25, 0.3) is 0 Å². The lowest BCUT2D eigenvalue weighted by molar-refractivity contribution is -0.140. The van der Waals surface area contributed by atoms with Crippen LogP contribution in [-0.4, -0.2) is 11.0 Å². The van der Waals surface area contributed by atoms with Crippen LogP contribution in [0.15, 0.2) is 18.3 Å². The van der Waals surface area contributed by atoms with Gasteiger partial charge in [-0.15, -0.1) is 0 Å². The van der Waals surface area contributed by atoms with E-state index in [0.717, 1.165) is 37.3 Å². The molecule has 0 spiro atoms. The molecule has 3 heteroatoms. The maximum Gasteiger partial charge on any atom is 0.314 e. The van der Waals surface area contributed by atoms with E-state index in [-0.39, 0.29) is 11.9 Å². The lowest BCUT2D eigenvalue weighted by atomic mass is 9.80. The average molecular weight is 402 g/mol. The van der Waals surface area contributed by atoms with Gasteiger partial charge in [0.2, 0.25) is 0 Å². The molecule has 1 fully saturated rings. The van der Waals surface area contributed by atoms with Gasteiger partial charge in [-0.1, -0.05) is 78.1 Å². The van der Waals surface area contributed by atoms with E-state index in [1.165, 1.54) is 77.0 Å². The summed E-state index contributed by atoms with van der Waals surface area (Å²) in [4.78, 5) is 16.9. The number of ether oxygens (including phenoxy) is 1. The predicted octanol–water partition coefficient (Wildman–Crippen LogP) is 7.67. The first-order chi connectivity index (χ1) is 14.2. The summed E-state index contributed by atoms with van der Waals surface area (Å²) in [5.74, 6) is 1.43. The van der Waals surface area contributed by atoms with Gasteiger partial charge in [-0.2, -0.15) is 0 Å². The summed E-state index contributed by atoms with van der Waals surface area (Å²) in [6, 6.07) is 3.88. The van der Waals surface area contributed by atoms with Gasteiger partial charge in [-0.3, -0.25) is 9.78 Å². The summed E-state index contributed by atoms with van der Waals surface area (Å²) in [6.07, 6.45) is 21.8. The average Bonchev–Trinajstić information content (AvgIpc) is 2.75. The Hall–Kier alpha value is -1.38. The van der Waals surface area contributed by atoms with Crippen molar-refractivity contribution in [2.24, 2.45) is 11.8 Å². The minimum absolute atomic E-state index is 0.0568. The van der Waals surface area contributed by atoms with Crippen LogP contribution < -0.4 is 4.74 Å². The lowest BCUT2D eigenvalue weighted by Crippen LogP contribution is -2.25. The highest BCUT2D eigenvalue weighted by Gasteiger charge is 2.27. The van der Waals surface area contributed by atoms with E-state index < -0.39 is 0 Å². The number of carbonyl (C=O) groups is 1. The normalized spacial score (nSPS) is 19.2. The Morgan fingerprint density at radius 1 is 0.897 bits per heavy atom. The molecule has 0 radical (unpaired) electrons. The van der Waals surface area contributed by atoms with E-state index in [1.54, 1.807) is 6.20 Å². The fraction of sp³-hybridized carbons (Fsp3) is 0.769. The van der Waals surface area contributed by atoms with Crippen LogP contribution in [0.4, 0.5) is 0 Å². The molecule has 1 aliphatic rings. The second kappa shape index (κ2) is 14.6. The first-order valence-corrected chi connectivity index (χ1v) is 12.4. The molecule has 0 aromatic carbocycles. The molecule has 0 saturated heterocycles. The van der Waals surface area contributed by atoms with E-state index in [0.29, 0.717) is 5.75 Å². The lowest BCUT2D eigenvalue weighted by Gasteiger charge is -2.27. The number of aryl methyl sites for hydroxylation is 1. The van der Waals surface area contributed by atoms with E-state index in [4.69, 9.17) is 4.74 Å². The van der Waals surface area contributed by atoms with Crippen molar-refractivity contribution in [3.63, 3.8) is 0 Å². The zero-order chi connectivity index (χ0) is 20.7. The molecule has 1 aromatic heterocycles. The third kappa shape index (κ3) is 9.78. The summed E-state index contributed by atoms with van der Waals surface area (Å²) >= 11 is 0. The molecule has 0 bridgehead atoms. The first-order valence-electron chi connectivity index (χ1n) is 12.4. The number of rotatable bonds is 14. The minimum Gasteiger partial charge on any atom is -0.425 e. The summed E-state index contributed by atoms with van der Waals surface area (Å²) in [6.45, 7) is 4.46. The van der Waals surface area contributed by atoms with Crippen molar-refractivity contribution in [3.05, 3.63) is 24.0 Å². The molecule has 1 heterocycles. The monoisotopic (exact) mass is 401 g/mol. The van der Waals surface area contributed by atoms with Crippen LogP contribution in [0.3, 0.4) is 0 Å². The van der Waals surface area contributed by atoms with Crippen molar-refractivity contribution in [1.29, 1.82) is 0 Å². The van der Waals surface area contributed by atoms with Gasteiger partial charge < -0.3 is 4.74 Å². The number of aromatic nitrogens is 1. The van der Waals surface area contributed by atoms with Gasteiger partial charge in [0.15, 0.2) is 0 Å². The maximum atomic E-state index is 12.5. The maximum absolute atomic E-state index is 12.5. The molecule has 1 aromatic rings.